The second kappa shape index (κ2) is 8.64. The van der Waals surface area contributed by atoms with Crippen molar-refractivity contribution in [3.63, 3.8) is 0 Å². The van der Waals surface area contributed by atoms with E-state index in [-0.39, 0.29) is 18.0 Å². The van der Waals surface area contributed by atoms with E-state index in [4.69, 9.17) is 9.47 Å². The van der Waals surface area contributed by atoms with Crippen molar-refractivity contribution < 1.29 is 14.3 Å². The highest BCUT2D eigenvalue weighted by Gasteiger charge is 2.58. The van der Waals surface area contributed by atoms with Crippen LogP contribution in [0.5, 0.6) is 0 Å². The Morgan fingerprint density at radius 1 is 1.03 bits per heavy atom. The van der Waals surface area contributed by atoms with Crippen LogP contribution in [-0.4, -0.2) is 53.0 Å². The molecule has 37 heavy (non-hydrogen) atoms. The Morgan fingerprint density at radius 3 is 2.68 bits per heavy atom. The number of nitrogens with zero attached hydrogens (tertiary/aromatic N) is 3. The van der Waals surface area contributed by atoms with Crippen molar-refractivity contribution >= 4 is 45.6 Å². The number of hydrogen-bond donors (Lipinski definition) is 2. The highest BCUT2D eigenvalue weighted by atomic mass is 32.2. The lowest BCUT2D eigenvalue weighted by molar-refractivity contribution is -0.406. The number of nitrogens with one attached hydrogen (secondary N) is 2. The van der Waals surface area contributed by atoms with Crippen LogP contribution in [0, 0.1) is 0 Å². The van der Waals surface area contributed by atoms with E-state index >= 15 is 0 Å². The molecule has 1 aromatic heterocycles. The Balaban J connectivity index is 1.04. The van der Waals surface area contributed by atoms with Crippen LogP contribution in [0.4, 0.5) is 17.1 Å². The molecule has 0 aliphatic carbocycles. The number of anilines is 3. The first-order chi connectivity index (χ1) is 18.0. The predicted octanol–water partition coefficient (Wildman–Crippen LogP) is 2.66. The Morgan fingerprint density at radius 2 is 1.84 bits per heavy atom. The van der Waals surface area contributed by atoms with Gasteiger partial charge in [0.1, 0.15) is 0 Å². The summed E-state index contributed by atoms with van der Waals surface area (Å²) >= 11 is 1.53. The third kappa shape index (κ3) is 3.92. The number of amides is 1. The zero-order valence-electron chi connectivity index (χ0n) is 20.2. The number of thioether (sulfide) groups is 1. The van der Waals surface area contributed by atoms with E-state index in [1.165, 1.54) is 16.3 Å². The Labute approximate surface area is 216 Å². The molecule has 2 bridgehead atoms. The summed E-state index contributed by atoms with van der Waals surface area (Å²) in [5, 5.41) is 3.45. The number of hydrogen-bond acceptors (Lipinski definition) is 8. The van der Waals surface area contributed by atoms with Gasteiger partial charge in [0.15, 0.2) is 5.79 Å². The summed E-state index contributed by atoms with van der Waals surface area (Å²) in [6, 6.07) is 11.6. The molecule has 0 radical (unpaired) electrons. The molecule has 6 heterocycles. The van der Waals surface area contributed by atoms with Gasteiger partial charge in [0.05, 0.1) is 28.9 Å². The first-order valence-corrected chi connectivity index (χ1v) is 13.7. The fourth-order valence-corrected chi connectivity index (χ4v) is 6.48. The summed E-state index contributed by atoms with van der Waals surface area (Å²) in [4.78, 5) is 45.9. The number of rotatable bonds is 6. The largest absolute Gasteiger partial charge is 0.372 e. The van der Waals surface area contributed by atoms with E-state index in [0.29, 0.717) is 36.0 Å². The number of aromatic amines is 1. The third-order valence-electron chi connectivity index (χ3n) is 7.60. The minimum Gasteiger partial charge on any atom is -0.372 e. The number of benzene rings is 2. The van der Waals surface area contributed by atoms with Crippen molar-refractivity contribution in [2.45, 2.75) is 49.3 Å². The van der Waals surface area contributed by atoms with E-state index < -0.39 is 17.9 Å². The van der Waals surface area contributed by atoms with Gasteiger partial charge in [0, 0.05) is 42.3 Å². The number of carbonyl (C=O) groups excluding carboxylic acids is 1. The van der Waals surface area contributed by atoms with Gasteiger partial charge in [-0.05, 0) is 55.7 Å². The van der Waals surface area contributed by atoms with Gasteiger partial charge in [-0.1, -0.05) is 0 Å². The molecular weight excluding hydrogens is 494 g/mol. The van der Waals surface area contributed by atoms with E-state index in [2.05, 4.69) is 15.2 Å². The maximum absolute atomic E-state index is 13.2. The van der Waals surface area contributed by atoms with Gasteiger partial charge in [-0.2, -0.15) is 0 Å². The maximum atomic E-state index is 13.2. The van der Waals surface area contributed by atoms with Crippen LogP contribution in [-0.2, 0) is 20.8 Å². The average Bonchev–Trinajstić information content (AvgIpc) is 3.61. The van der Waals surface area contributed by atoms with E-state index in [0.717, 1.165) is 47.9 Å². The van der Waals surface area contributed by atoms with Crippen LogP contribution in [0.2, 0.25) is 0 Å². The second-order valence-corrected chi connectivity index (χ2v) is 11.0. The zero-order chi connectivity index (χ0) is 25.1. The van der Waals surface area contributed by atoms with Crippen LogP contribution in [0.3, 0.4) is 0 Å². The standard InChI is InChI=1S/C26H27N5O5S/c32-22-14-37-21-7-5-17(13-20(21)27-22)31-15-26(35-25(31)36-26)8-3-11-30-23(33)18-12-16(29-9-1-2-10-29)4-6-19(18)28-24(30)34/h4-7,12-13,25H,1-3,8-11,14-15H2,(H,27,32)(H,28,34). The fourth-order valence-electron chi connectivity index (χ4n) is 5.69. The van der Waals surface area contributed by atoms with Crippen LogP contribution in [0.15, 0.2) is 50.9 Å². The molecule has 5 aliphatic rings. The van der Waals surface area contributed by atoms with E-state index in [9.17, 15) is 14.4 Å². The van der Waals surface area contributed by atoms with Crippen LogP contribution in [0.1, 0.15) is 25.7 Å². The summed E-state index contributed by atoms with van der Waals surface area (Å²) in [7, 11) is 0. The molecule has 0 saturated carbocycles. The summed E-state index contributed by atoms with van der Waals surface area (Å²) in [6.07, 6.45) is 2.94. The number of carbonyl (C=O) groups is 1. The van der Waals surface area contributed by atoms with E-state index in [1.807, 2.05) is 41.3 Å². The molecule has 1 amide bonds. The normalized spacial score (nSPS) is 24.3. The molecule has 0 atom stereocenters. The molecule has 5 aliphatic heterocycles. The maximum Gasteiger partial charge on any atom is 0.328 e. The molecule has 4 saturated heterocycles. The number of H-pyrrole nitrogens is 1. The Hall–Kier alpha value is -3.28. The van der Waals surface area contributed by atoms with Crippen molar-refractivity contribution in [3.8, 4) is 0 Å². The molecule has 10 nitrogen and oxygen atoms in total. The van der Waals surface area contributed by atoms with Crippen molar-refractivity contribution in [3.05, 3.63) is 57.2 Å². The van der Waals surface area contributed by atoms with Gasteiger partial charge in [-0.3, -0.25) is 14.2 Å². The second-order valence-electron chi connectivity index (χ2n) is 10.0. The van der Waals surface area contributed by atoms with Crippen molar-refractivity contribution in [1.82, 2.24) is 9.55 Å². The molecule has 4 fully saturated rings. The molecule has 2 N–H and O–H groups in total. The van der Waals surface area contributed by atoms with Crippen molar-refractivity contribution in [2.24, 2.45) is 0 Å². The van der Waals surface area contributed by atoms with Gasteiger partial charge in [0.25, 0.3) is 5.56 Å². The predicted molar refractivity (Wildman–Crippen MR) is 141 cm³/mol. The molecule has 0 spiro atoms. The zero-order valence-corrected chi connectivity index (χ0v) is 21.0. The molecule has 0 unspecified atom stereocenters. The quantitative estimate of drug-likeness (QED) is 0.510. The SMILES string of the molecule is O=C1CSc2ccc(N3CC4(CCCn5c(=O)[nH]c6ccc(N7CCCC7)cc6c5=O)OC3O4)cc2N1. The Kier molecular flexibility index (Phi) is 5.34. The summed E-state index contributed by atoms with van der Waals surface area (Å²) in [5.41, 5.74) is 2.63. The lowest BCUT2D eigenvalue weighted by atomic mass is 10.1. The minimum atomic E-state index is -0.755. The van der Waals surface area contributed by atoms with Crippen LogP contribution < -0.4 is 26.4 Å². The monoisotopic (exact) mass is 521 g/mol. The fraction of sp³-hybridized carbons (Fsp3) is 0.423. The number of ether oxygens (including phenoxy) is 2. The highest BCUT2D eigenvalue weighted by Crippen LogP contribution is 2.46. The molecule has 192 valence electrons. The van der Waals surface area contributed by atoms with Gasteiger partial charge < -0.3 is 29.6 Å². The van der Waals surface area contributed by atoms with Gasteiger partial charge in [-0.15, -0.1) is 11.8 Å². The summed E-state index contributed by atoms with van der Waals surface area (Å²) in [5.74, 6) is -0.332. The smallest absolute Gasteiger partial charge is 0.328 e. The summed E-state index contributed by atoms with van der Waals surface area (Å²) in [6.45, 7) is 2.80. The Bertz CT molecular complexity index is 1520. The average molecular weight is 522 g/mol. The van der Waals surface area contributed by atoms with E-state index in [1.54, 1.807) is 0 Å². The van der Waals surface area contributed by atoms with Gasteiger partial charge in [-0.25, -0.2) is 4.79 Å². The topological polar surface area (TPSA) is 109 Å². The van der Waals surface area contributed by atoms with Crippen LogP contribution in [0.25, 0.3) is 10.9 Å². The molecule has 8 rings (SSSR count). The third-order valence-corrected chi connectivity index (χ3v) is 8.67. The number of aromatic nitrogens is 2. The molecule has 3 aromatic rings. The first kappa shape index (κ1) is 22.9. The van der Waals surface area contributed by atoms with Crippen molar-refractivity contribution in [1.29, 1.82) is 0 Å². The molecule has 11 heteroatoms. The molecular formula is C26H27N5O5S. The van der Waals surface area contributed by atoms with Gasteiger partial charge >= 0.3 is 5.69 Å². The molecule has 2 aromatic carbocycles. The van der Waals surface area contributed by atoms with Crippen LogP contribution >= 0.6 is 11.8 Å². The highest BCUT2D eigenvalue weighted by molar-refractivity contribution is 8.00. The summed E-state index contributed by atoms with van der Waals surface area (Å²) < 4.78 is 13.4. The number of fused-ring (bicyclic) bond motifs is 3. The minimum absolute atomic E-state index is 0.00414. The van der Waals surface area contributed by atoms with Crippen molar-refractivity contribution in [2.75, 3.05) is 40.5 Å². The first-order valence-electron chi connectivity index (χ1n) is 12.7. The lowest BCUT2D eigenvalue weighted by Crippen LogP contribution is -2.47. The van der Waals surface area contributed by atoms with Gasteiger partial charge in [0.2, 0.25) is 12.3 Å². The lowest BCUT2D eigenvalue weighted by Gasteiger charge is -2.37.